The molecule has 1 aromatic heterocycles. The molecular weight excluding hydrogens is 275 g/mol. The predicted molar refractivity (Wildman–Crippen MR) is 74.9 cm³/mol. The van der Waals surface area contributed by atoms with Crippen molar-refractivity contribution >= 4 is 5.91 Å². The van der Waals surface area contributed by atoms with E-state index in [4.69, 9.17) is 9.47 Å². The Labute approximate surface area is 121 Å². The van der Waals surface area contributed by atoms with E-state index in [2.05, 4.69) is 10.3 Å². The highest BCUT2D eigenvalue weighted by molar-refractivity contribution is 5.93. The number of carbonyl (C=O) groups is 1. The van der Waals surface area contributed by atoms with Gasteiger partial charge in [-0.1, -0.05) is 0 Å². The molecule has 0 saturated carbocycles. The third-order valence-corrected chi connectivity index (χ3v) is 2.92. The van der Waals surface area contributed by atoms with Crippen LogP contribution in [0.5, 0.6) is 11.5 Å². The van der Waals surface area contributed by atoms with Crippen LogP contribution < -0.4 is 14.8 Å². The molecular formula is C15H15FN2O3. The van der Waals surface area contributed by atoms with Gasteiger partial charge >= 0.3 is 0 Å². The first-order chi connectivity index (χ1) is 10.1. The number of ether oxygens (including phenoxy) is 2. The van der Waals surface area contributed by atoms with E-state index in [0.717, 1.165) is 11.6 Å². The summed E-state index contributed by atoms with van der Waals surface area (Å²) in [5.74, 6) is 0.352. The first-order valence-electron chi connectivity index (χ1n) is 6.24. The quantitative estimate of drug-likeness (QED) is 0.857. The minimum atomic E-state index is -0.624. The monoisotopic (exact) mass is 290 g/mol. The lowest BCUT2D eigenvalue weighted by Crippen LogP contribution is -2.23. The fourth-order valence-corrected chi connectivity index (χ4v) is 1.81. The Morgan fingerprint density at radius 1 is 1.24 bits per heavy atom. The summed E-state index contributed by atoms with van der Waals surface area (Å²) in [6.07, 6.45) is 1.19. The second-order valence-corrected chi connectivity index (χ2v) is 4.23. The number of methoxy groups -OCH3 is 2. The summed E-state index contributed by atoms with van der Waals surface area (Å²) in [6.45, 7) is 0.260. The van der Waals surface area contributed by atoms with E-state index in [1.807, 2.05) is 0 Å². The molecule has 0 saturated heterocycles. The molecule has 21 heavy (non-hydrogen) atoms. The van der Waals surface area contributed by atoms with Crippen LogP contribution in [0, 0.1) is 5.95 Å². The summed E-state index contributed by atoms with van der Waals surface area (Å²) in [5, 5.41) is 2.72. The Kier molecular flexibility index (Phi) is 4.71. The average Bonchev–Trinajstić information content (AvgIpc) is 2.52. The third-order valence-electron chi connectivity index (χ3n) is 2.92. The summed E-state index contributed by atoms with van der Waals surface area (Å²) in [5.41, 5.74) is 1.07. The number of hydrogen-bond acceptors (Lipinski definition) is 4. The van der Waals surface area contributed by atoms with Crippen molar-refractivity contribution in [3.8, 4) is 11.5 Å². The van der Waals surface area contributed by atoms with Gasteiger partial charge in [-0.25, -0.2) is 4.98 Å². The van der Waals surface area contributed by atoms with Gasteiger partial charge in [-0.3, -0.25) is 4.79 Å². The number of benzene rings is 1. The van der Waals surface area contributed by atoms with Crippen molar-refractivity contribution in [1.82, 2.24) is 10.3 Å². The second kappa shape index (κ2) is 6.69. The van der Waals surface area contributed by atoms with E-state index in [1.54, 1.807) is 32.4 Å². The molecule has 2 rings (SSSR count). The summed E-state index contributed by atoms with van der Waals surface area (Å²) in [7, 11) is 3.12. The number of nitrogens with one attached hydrogen (secondary N) is 1. The van der Waals surface area contributed by atoms with Gasteiger partial charge in [0, 0.05) is 18.3 Å². The van der Waals surface area contributed by atoms with E-state index in [-0.39, 0.29) is 12.5 Å². The maximum absolute atomic E-state index is 12.7. The number of hydrogen-bond donors (Lipinski definition) is 1. The van der Waals surface area contributed by atoms with Crippen molar-refractivity contribution in [2.45, 2.75) is 6.54 Å². The molecule has 1 aromatic carbocycles. The van der Waals surface area contributed by atoms with Crippen LogP contribution in [-0.4, -0.2) is 25.1 Å². The molecule has 1 amide bonds. The largest absolute Gasteiger partial charge is 0.497 e. The van der Waals surface area contributed by atoms with Gasteiger partial charge in [0.05, 0.1) is 19.8 Å². The van der Waals surface area contributed by atoms with Crippen molar-refractivity contribution in [3.63, 3.8) is 0 Å². The Bertz CT molecular complexity index is 629. The molecule has 0 spiro atoms. The first-order valence-corrected chi connectivity index (χ1v) is 6.24. The van der Waals surface area contributed by atoms with Crippen molar-refractivity contribution in [2.75, 3.05) is 14.2 Å². The minimum Gasteiger partial charge on any atom is -0.497 e. The van der Waals surface area contributed by atoms with Gasteiger partial charge in [-0.15, -0.1) is 0 Å². The lowest BCUT2D eigenvalue weighted by Gasteiger charge is -2.11. The smallest absolute Gasteiger partial charge is 0.253 e. The molecule has 0 unspecified atom stereocenters. The molecule has 0 aliphatic rings. The topological polar surface area (TPSA) is 60.5 Å². The Morgan fingerprint density at radius 2 is 2.05 bits per heavy atom. The van der Waals surface area contributed by atoms with Crippen LogP contribution in [0.15, 0.2) is 36.5 Å². The molecule has 1 N–H and O–H groups in total. The van der Waals surface area contributed by atoms with E-state index < -0.39 is 5.95 Å². The molecule has 6 heteroatoms. The summed E-state index contributed by atoms with van der Waals surface area (Å²) < 4.78 is 23.1. The second-order valence-electron chi connectivity index (χ2n) is 4.23. The molecule has 0 fully saturated rings. The van der Waals surface area contributed by atoms with Gasteiger partial charge in [0.25, 0.3) is 5.91 Å². The first kappa shape index (κ1) is 14.8. The van der Waals surface area contributed by atoms with Crippen molar-refractivity contribution in [1.29, 1.82) is 0 Å². The van der Waals surface area contributed by atoms with Crippen LogP contribution >= 0.6 is 0 Å². The summed E-state index contributed by atoms with van der Waals surface area (Å²) >= 11 is 0. The lowest BCUT2D eigenvalue weighted by molar-refractivity contribution is 0.0950. The number of aromatic nitrogens is 1. The highest BCUT2D eigenvalue weighted by Crippen LogP contribution is 2.23. The molecule has 5 nitrogen and oxygen atoms in total. The van der Waals surface area contributed by atoms with Gasteiger partial charge in [-0.05, 0) is 30.3 Å². The maximum Gasteiger partial charge on any atom is 0.253 e. The van der Waals surface area contributed by atoms with Crippen LogP contribution in [0.3, 0.4) is 0 Å². The SMILES string of the molecule is COc1ccc(OC)c(CNC(=O)c2ccc(F)nc2)c1. The number of rotatable bonds is 5. The standard InChI is InChI=1S/C15H15FN2O3/c1-20-12-4-5-13(21-2)11(7-12)9-18-15(19)10-3-6-14(16)17-8-10/h3-8H,9H2,1-2H3,(H,18,19). The highest BCUT2D eigenvalue weighted by Gasteiger charge is 2.09. The van der Waals surface area contributed by atoms with Gasteiger partial charge in [0.15, 0.2) is 0 Å². The number of amides is 1. The number of halogens is 1. The normalized spacial score (nSPS) is 10.0. The van der Waals surface area contributed by atoms with Crippen molar-refractivity contribution in [3.05, 3.63) is 53.6 Å². The van der Waals surface area contributed by atoms with Crippen LogP contribution in [-0.2, 0) is 6.54 Å². The van der Waals surface area contributed by atoms with Gasteiger partial charge in [-0.2, -0.15) is 4.39 Å². The predicted octanol–water partition coefficient (Wildman–Crippen LogP) is 2.17. The lowest BCUT2D eigenvalue weighted by atomic mass is 10.1. The Hall–Kier alpha value is -2.63. The number of pyridine rings is 1. The minimum absolute atomic E-state index is 0.260. The van der Waals surface area contributed by atoms with Crippen molar-refractivity contribution in [2.24, 2.45) is 0 Å². The van der Waals surface area contributed by atoms with Crippen molar-refractivity contribution < 1.29 is 18.7 Å². The number of carbonyl (C=O) groups excluding carboxylic acids is 1. The van der Waals surface area contributed by atoms with Gasteiger partial charge in [0.1, 0.15) is 11.5 Å². The maximum atomic E-state index is 12.7. The molecule has 0 aliphatic heterocycles. The average molecular weight is 290 g/mol. The van der Waals surface area contributed by atoms with Crippen LogP contribution in [0.25, 0.3) is 0 Å². The zero-order chi connectivity index (χ0) is 15.2. The van der Waals surface area contributed by atoms with Gasteiger partial charge in [0.2, 0.25) is 5.95 Å². The van der Waals surface area contributed by atoms with E-state index >= 15 is 0 Å². The van der Waals surface area contributed by atoms with Crippen LogP contribution in [0.1, 0.15) is 15.9 Å². The molecule has 0 bridgehead atoms. The Morgan fingerprint density at radius 3 is 2.67 bits per heavy atom. The Balaban J connectivity index is 2.08. The molecule has 0 radical (unpaired) electrons. The fraction of sp³-hybridized carbons (Fsp3) is 0.200. The van der Waals surface area contributed by atoms with Crippen LogP contribution in [0.2, 0.25) is 0 Å². The highest BCUT2D eigenvalue weighted by atomic mass is 19.1. The molecule has 1 heterocycles. The van der Waals surface area contributed by atoms with Crippen LogP contribution in [0.4, 0.5) is 4.39 Å². The molecule has 0 atom stereocenters. The fourth-order valence-electron chi connectivity index (χ4n) is 1.81. The third kappa shape index (κ3) is 3.68. The zero-order valence-corrected chi connectivity index (χ0v) is 11.7. The molecule has 110 valence electrons. The molecule has 0 aliphatic carbocycles. The summed E-state index contributed by atoms with van der Waals surface area (Å²) in [6, 6.07) is 7.83. The van der Waals surface area contributed by atoms with E-state index in [1.165, 1.54) is 12.3 Å². The molecule has 2 aromatic rings. The number of nitrogens with zero attached hydrogens (tertiary/aromatic N) is 1. The van der Waals surface area contributed by atoms with E-state index in [9.17, 15) is 9.18 Å². The summed E-state index contributed by atoms with van der Waals surface area (Å²) in [4.78, 5) is 15.4. The van der Waals surface area contributed by atoms with E-state index in [0.29, 0.717) is 17.1 Å². The van der Waals surface area contributed by atoms with Gasteiger partial charge < -0.3 is 14.8 Å². The zero-order valence-electron chi connectivity index (χ0n) is 11.7.